The highest BCUT2D eigenvalue weighted by atomic mass is 32.1. The van der Waals surface area contributed by atoms with Crippen LogP contribution in [0.15, 0.2) is 0 Å². The SMILES string of the molecule is Cc1sc(C(=O)O)c(C)c1C. The summed E-state index contributed by atoms with van der Waals surface area (Å²) >= 11 is 1.35. The molecule has 0 aliphatic heterocycles. The Kier molecular flexibility index (Phi) is 2.00. The predicted octanol–water partition coefficient (Wildman–Crippen LogP) is 2.37. The third-order valence-electron chi connectivity index (χ3n) is 1.88. The number of thiophene rings is 1. The van der Waals surface area contributed by atoms with Crippen molar-refractivity contribution in [3.63, 3.8) is 0 Å². The molecule has 0 radical (unpaired) electrons. The fraction of sp³-hybridized carbons (Fsp3) is 0.375. The van der Waals surface area contributed by atoms with Gasteiger partial charge in [-0.15, -0.1) is 11.3 Å². The Labute approximate surface area is 69.5 Å². The molecule has 0 atom stereocenters. The van der Waals surface area contributed by atoms with Crippen molar-refractivity contribution >= 4 is 17.3 Å². The third kappa shape index (κ3) is 1.28. The van der Waals surface area contributed by atoms with Crippen LogP contribution in [-0.4, -0.2) is 11.1 Å². The molecule has 11 heavy (non-hydrogen) atoms. The molecule has 0 saturated heterocycles. The van der Waals surface area contributed by atoms with E-state index in [1.165, 1.54) is 11.3 Å². The van der Waals surface area contributed by atoms with Crippen LogP contribution in [0.2, 0.25) is 0 Å². The molecule has 3 heteroatoms. The largest absolute Gasteiger partial charge is 0.477 e. The number of carboxylic acid groups (broad SMARTS) is 1. The van der Waals surface area contributed by atoms with Crippen LogP contribution in [0.1, 0.15) is 25.7 Å². The average Bonchev–Trinajstić information content (AvgIpc) is 2.17. The molecule has 1 rings (SSSR count). The van der Waals surface area contributed by atoms with Crippen LogP contribution in [-0.2, 0) is 0 Å². The topological polar surface area (TPSA) is 37.3 Å². The summed E-state index contributed by atoms with van der Waals surface area (Å²) in [6, 6.07) is 0. The Morgan fingerprint density at radius 3 is 2.00 bits per heavy atom. The molecular weight excluding hydrogens is 160 g/mol. The maximum atomic E-state index is 10.6. The molecule has 0 fully saturated rings. The monoisotopic (exact) mass is 170 g/mol. The first-order chi connectivity index (χ1) is 5.04. The summed E-state index contributed by atoms with van der Waals surface area (Å²) in [6.07, 6.45) is 0. The highest BCUT2D eigenvalue weighted by Crippen LogP contribution is 2.25. The van der Waals surface area contributed by atoms with E-state index in [4.69, 9.17) is 5.11 Å². The van der Waals surface area contributed by atoms with E-state index in [9.17, 15) is 4.79 Å². The molecule has 1 heterocycles. The Bertz CT molecular complexity index is 299. The van der Waals surface area contributed by atoms with Gasteiger partial charge in [-0.3, -0.25) is 0 Å². The summed E-state index contributed by atoms with van der Waals surface area (Å²) < 4.78 is 0. The van der Waals surface area contributed by atoms with Gasteiger partial charge in [0.15, 0.2) is 0 Å². The van der Waals surface area contributed by atoms with Crippen LogP contribution in [0.25, 0.3) is 0 Å². The van der Waals surface area contributed by atoms with E-state index in [1.54, 1.807) is 0 Å². The molecule has 0 aliphatic carbocycles. The van der Waals surface area contributed by atoms with Gasteiger partial charge >= 0.3 is 5.97 Å². The van der Waals surface area contributed by atoms with Gasteiger partial charge in [0.25, 0.3) is 0 Å². The zero-order valence-electron chi connectivity index (χ0n) is 6.76. The fourth-order valence-corrected chi connectivity index (χ4v) is 1.95. The number of aryl methyl sites for hydroxylation is 1. The van der Waals surface area contributed by atoms with Gasteiger partial charge in [-0.2, -0.15) is 0 Å². The molecule has 0 spiro atoms. The normalized spacial score (nSPS) is 10.1. The molecule has 0 saturated carbocycles. The second-order valence-electron chi connectivity index (χ2n) is 2.54. The van der Waals surface area contributed by atoms with Crippen molar-refractivity contribution in [3.05, 3.63) is 20.9 Å². The van der Waals surface area contributed by atoms with Crippen LogP contribution in [0, 0.1) is 20.8 Å². The zero-order chi connectivity index (χ0) is 8.59. The quantitative estimate of drug-likeness (QED) is 0.702. The van der Waals surface area contributed by atoms with E-state index in [-0.39, 0.29) is 0 Å². The average molecular weight is 170 g/mol. The standard InChI is InChI=1S/C8H10O2S/c1-4-5(2)7(8(9)10)11-6(4)3/h1-3H3,(H,9,10). The van der Waals surface area contributed by atoms with Crippen molar-refractivity contribution in [2.75, 3.05) is 0 Å². The first-order valence-corrected chi connectivity index (χ1v) is 4.15. The Balaban J connectivity index is 3.29. The van der Waals surface area contributed by atoms with E-state index >= 15 is 0 Å². The lowest BCUT2D eigenvalue weighted by Crippen LogP contribution is -1.94. The number of hydrogen-bond acceptors (Lipinski definition) is 2. The van der Waals surface area contributed by atoms with Gasteiger partial charge in [0.2, 0.25) is 0 Å². The van der Waals surface area contributed by atoms with E-state index < -0.39 is 5.97 Å². The highest BCUT2D eigenvalue weighted by Gasteiger charge is 2.13. The zero-order valence-corrected chi connectivity index (χ0v) is 7.58. The fourth-order valence-electron chi connectivity index (χ4n) is 0.945. The minimum absolute atomic E-state index is 0.472. The van der Waals surface area contributed by atoms with Crippen molar-refractivity contribution in [1.29, 1.82) is 0 Å². The van der Waals surface area contributed by atoms with Crippen LogP contribution >= 0.6 is 11.3 Å². The Morgan fingerprint density at radius 2 is 1.82 bits per heavy atom. The second kappa shape index (κ2) is 2.66. The number of rotatable bonds is 1. The van der Waals surface area contributed by atoms with E-state index in [1.807, 2.05) is 20.8 Å². The minimum Gasteiger partial charge on any atom is -0.477 e. The maximum absolute atomic E-state index is 10.6. The molecule has 60 valence electrons. The van der Waals surface area contributed by atoms with E-state index in [0.717, 1.165) is 16.0 Å². The summed E-state index contributed by atoms with van der Waals surface area (Å²) in [5.74, 6) is -0.816. The number of carboxylic acids is 1. The van der Waals surface area contributed by atoms with E-state index in [0.29, 0.717) is 4.88 Å². The Morgan fingerprint density at radius 1 is 1.27 bits per heavy atom. The van der Waals surface area contributed by atoms with Crippen molar-refractivity contribution in [1.82, 2.24) is 0 Å². The van der Waals surface area contributed by atoms with Gasteiger partial charge in [-0.1, -0.05) is 0 Å². The third-order valence-corrected chi connectivity index (χ3v) is 3.18. The molecule has 1 aromatic heterocycles. The smallest absolute Gasteiger partial charge is 0.346 e. The van der Waals surface area contributed by atoms with Gasteiger partial charge in [0.1, 0.15) is 4.88 Å². The van der Waals surface area contributed by atoms with Crippen molar-refractivity contribution in [2.45, 2.75) is 20.8 Å². The summed E-state index contributed by atoms with van der Waals surface area (Å²) in [4.78, 5) is 12.2. The van der Waals surface area contributed by atoms with Crippen LogP contribution in [0.4, 0.5) is 0 Å². The summed E-state index contributed by atoms with van der Waals surface area (Å²) in [7, 11) is 0. The first kappa shape index (κ1) is 8.27. The molecule has 0 aromatic carbocycles. The molecule has 0 amide bonds. The van der Waals surface area contributed by atoms with Gasteiger partial charge < -0.3 is 5.11 Å². The van der Waals surface area contributed by atoms with Crippen LogP contribution in [0.3, 0.4) is 0 Å². The summed E-state index contributed by atoms with van der Waals surface area (Å²) in [6.45, 7) is 5.75. The van der Waals surface area contributed by atoms with Crippen LogP contribution < -0.4 is 0 Å². The predicted molar refractivity (Wildman–Crippen MR) is 45.5 cm³/mol. The van der Waals surface area contributed by atoms with Crippen LogP contribution in [0.5, 0.6) is 0 Å². The van der Waals surface area contributed by atoms with Crippen molar-refractivity contribution in [2.24, 2.45) is 0 Å². The molecule has 0 bridgehead atoms. The molecule has 2 nitrogen and oxygen atoms in total. The Hall–Kier alpha value is -0.830. The number of hydrogen-bond donors (Lipinski definition) is 1. The van der Waals surface area contributed by atoms with Gasteiger partial charge in [-0.05, 0) is 31.9 Å². The summed E-state index contributed by atoms with van der Waals surface area (Å²) in [5.41, 5.74) is 2.01. The maximum Gasteiger partial charge on any atom is 0.346 e. The van der Waals surface area contributed by atoms with Crippen molar-refractivity contribution in [3.8, 4) is 0 Å². The second-order valence-corrected chi connectivity index (χ2v) is 3.77. The lowest BCUT2D eigenvalue weighted by Gasteiger charge is -1.90. The summed E-state index contributed by atoms with van der Waals surface area (Å²) in [5, 5.41) is 8.71. The molecule has 1 N–H and O–H groups in total. The molecular formula is C8H10O2S. The number of aromatic carboxylic acids is 1. The highest BCUT2D eigenvalue weighted by molar-refractivity contribution is 7.14. The lowest BCUT2D eigenvalue weighted by atomic mass is 10.1. The van der Waals surface area contributed by atoms with E-state index in [2.05, 4.69) is 0 Å². The van der Waals surface area contributed by atoms with Gasteiger partial charge in [-0.25, -0.2) is 4.79 Å². The number of carbonyl (C=O) groups is 1. The first-order valence-electron chi connectivity index (χ1n) is 3.34. The molecule has 0 unspecified atom stereocenters. The van der Waals surface area contributed by atoms with Crippen molar-refractivity contribution < 1.29 is 9.90 Å². The molecule has 1 aromatic rings. The van der Waals surface area contributed by atoms with Gasteiger partial charge in [0.05, 0.1) is 0 Å². The lowest BCUT2D eigenvalue weighted by molar-refractivity contribution is 0.0701. The molecule has 0 aliphatic rings. The van der Waals surface area contributed by atoms with Gasteiger partial charge in [0, 0.05) is 4.88 Å². The minimum atomic E-state index is -0.816.